The molecule has 0 fully saturated rings. The van der Waals surface area contributed by atoms with E-state index in [1.807, 2.05) is 6.92 Å². The number of nitrogens with one attached hydrogen (secondary N) is 2. The van der Waals surface area contributed by atoms with E-state index in [2.05, 4.69) is 10.6 Å². The SMILES string of the molecule is CCCO[C@H](C)CNC(=O)Nc1ccc(F)c(F)c1F. The van der Waals surface area contributed by atoms with Gasteiger partial charge >= 0.3 is 6.03 Å². The van der Waals surface area contributed by atoms with Crippen molar-refractivity contribution in [3.05, 3.63) is 29.6 Å². The van der Waals surface area contributed by atoms with Gasteiger partial charge in [0.1, 0.15) is 0 Å². The van der Waals surface area contributed by atoms with Crippen LogP contribution in [-0.2, 0) is 4.74 Å². The van der Waals surface area contributed by atoms with Crippen molar-refractivity contribution in [1.82, 2.24) is 5.32 Å². The molecule has 7 heteroatoms. The zero-order valence-corrected chi connectivity index (χ0v) is 11.3. The Bertz CT molecular complexity index is 469. The van der Waals surface area contributed by atoms with Crippen LogP contribution in [0.15, 0.2) is 12.1 Å². The Morgan fingerprint density at radius 3 is 2.65 bits per heavy atom. The summed E-state index contributed by atoms with van der Waals surface area (Å²) in [5.41, 5.74) is -0.427. The van der Waals surface area contributed by atoms with Gasteiger partial charge in [-0.25, -0.2) is 18.0 Å². The fourth-order valence-electron chi connectivity index (χ4n) is 1.40. The van der Waals surface area contributed by atoms with Crippen LogP contribution in [0.2, 0.25) is 0 Å². The molecule has 0 aliphatic carbocycles. The quantitative estimate of drug-likeness (QED) is 0.791. The number of urea groups is 1. The van der Waals surface area contributed by atoms with Gasteiger partial charge in [0.15, 0.2) is 17.5 Å². The maximum atomic E-state index is 13.3. The van der Waals surface area contributed by atoms with Crippen molar-refractivity contribution >= 4 is 11.7 Å². The van der Waals surface area contributed by atoms with Gasteiger partial charge in [-0.05, 0) is 25.5 Å². The molecule has 0 heterocycles. The molecule has 4 nitrogen and oxygen atoms in total. The third-order valence-corrected chi connectivity index (χ3v) is 2.44. The van der Waals surface area contributed by atoms with Crippen molar-refractivity contribution in [3.63, 3.8) is 0 Å². The van der Waals surface area contributed by atoms with Gasteiger partial charge in [-0.2, -0.15) is 0 Å². The smallest absolute Gasteiger partial charge is 0.319 e. The van der Waals surface area contributed by atoms with Crippen LogP contribution in [0.3, 0.4) is 0 Å². The Hall–Kier alpha value is -1.76. The predicted molar refractivity (Wildman–Crippen MR) is 69.0 cm³/mol. The molecule has 20 heavy (non-hydrogen) atoms. The van der Waals surface area contributed by atoms with Crippen molar-refractivity contribution in [1.29, 1.82) is 0 Å². The number of anilines is 1. The lowest BCUT2D eigenvalue weighted by atomic mass is 10.3. The normalized spacial score (nSPS) is 12.1. The first-order valence-corrected chi connectivity index (χ1v) is 6.25. The van der Waals surface area contributed by atoms with E-state index in [0.717, 1.165) is 18.6 Å². The van der Waals surface area contributed by atoms with Crippen LogP contribution >= 0.6 is 0 Å². The molecular formula is C13H17F3N2O2. The summed E-state index contributed by atoms with van der Waals surface area (Å²) in [4.78, 5) is 11.5. The average molecular weight is 290 g/mol. The van der Waals surface area contributed by atoms with E-state index >= 15 is 0 Å². The number of hydrogen-bond acceptors (Lipinski definition) is 2. The molecule has 0 bridgehead atoms. The molecular weight excluding hydrogens is 273 g/mol. The third kappa shape index (κ3) is 4.73. The van der Waals surface area contributed by atoms with Crippen molar-refractivity contribution in [3.8, 4) is 0 Å². The summed E-state index contributed by atoms with van der Waals surface area (Å²) < 4.78 is 44.3. The summed E-state index contributed by atoms with van der Waals surface area (Å²) in [5.74, 6) is -4.37. The highest BCUT2D eigenvalue weighted by Gasteiger charge is 2.15. The number of benzene rings is 1. The number of halogens is 3. The minimum absolute atomic E-state index is 0.199. The molecule has 0 saturated heterocycles. The molecule has 2 N–H and O–H groups in total. The number of ether oxygens (including phenoxy) is 1. The van der Waals surface area contributed by atoms with Crippen molar-refractivity contribution in [2.45, 2.75) is 26.4 Å². The molecule has 0 aliphatic heterocycles. The predicted octanol–water partition coefficient (Wildman–Crippen LogP) is 3.04. The minimum Gasteiger partial charge on any atom is -0.377 e. The van der Waals surface area contributed by atoms with Crippen LogP contribution in [0.5, 0.6) is 0 Å². The fourth-order valence-corrected chi connectivity index (χ4v) is 1.40. The Kier molecular flexibility index (Phi) is 6.30. The van der Waals surface area contributed by atoms with Crippen molar-refractivity contribution in [2.75, 3.05) is 18.5 Å². The summed E-state index contributed by atoms with van der Waals surface area (Å²) in [6, 6.07) is 0.965. The van der Waals surface area contributed by atoms with Gasteiger partial charge in [-0.3, -0.25) is 0 Å². The van der Waals surface area contributed by atoms with Crippen LogP contribution in [0, 0.1) is 17.5 Å². The lowest BCUT2D eigenvalue weighted by Gasteiger charge is -2.14. The zero-order valence-electron chi connectivity index (χ0n) is 11.3. The lowest BCUT2D eigenvalue weighted by Crippen LogP contribution is -2.35. The van der Waals surface area contributed by atoms with Gasteiger partial charge in [0, 0.05) is 13.2 Å². The average Bonchev–Trinajstić information content (AvgIpc) is 2.43. The van der Waals surface area contributed by atoms with E-state index in [4.69, 9.17) is 4.74 Å². The van der Waals surface area contributed by atoms with E-state index in [0.29, 0.717) is 6.61 Å². The minimum atomic E-state index is -1.62. The van der Waals surface area contributed by atoms with E-state index < -0.39 is 29.2 Å². The summed E-state index contributed by atoms with van der Waals surface area (Å²) in [6.45, 7) is 4.52. The second-order valence-corrected chi connectivity index (χ2v) is 4.24. The molecule has 1 aromatic carbocycles. The molecule has 1 aromatic rings. The molecule has 0 aromatic heterocycles. The summed E-state index contributed by atoms with van der Waals surface area (Å²) in [7, 11) is 0. The Morgan fingerprint density at radius 2 is 2.00 bits per heavy atom. The van der Waals surface area contributed by atoms with Crippen LogP contribution < -0.4 is 10.6 Å². The highest BCUT2D eigenvalue weighted by atomic mass is 19.2. The van der Waals surface area contributed by atoms with Crippen LogP contribution in [0.4, 0.5) is 23.7 Å². The van der Waals surface area contributed by atoms with Crippen molar-refractivity contribution < 1.29 is 22.7 Å². The third-order valence-electron chi connectivity index (χ3n) is 2.44. The second kappa shape index (κ2) is 7.74. The fraction of sp³-hybridized carbons (Fsp3) is 0.462. The molecule has 0 aliphatic rings. The molecule has 2 amide bonds. The van der Waals surface area contributed by atoms with Gasteiger partial charge in [-0.15, -0.1) is 0 Å². The molecule has 112 valence electrons. The molecule has 0 saturated carbocycles. The molecule has 1 atom stereocenters. The van der Waals surface area contributed by atoms with Crippen molar-refractivity contribution in [2.24, 2.45) is 0 Å². The van der Waals surface area contributed by atoms with Gasteiger partial charge in [-0.1, -0.05) is 6.92 Å². The van der Waals surface area contributed by atoms with E-state index in [1.54, 1.807) is 6.92 Å². The first-order valence-electron chi connectivity index (χ1n) is 6.25. The van der Waals surface area contributed by atoms with Gasteiger partial charge < -0.3 is 15.4 Å². The maximum Gasteiger partial charge on any atom is 0.319 e. The number of amides is 2. The maximum absolute atomic E-state index is 13.3. The second-order valence-electron chi connectivity index (χ2n) is 4.24. The summed E-state index contributed by atoms with van der Waals surface area (Å²) in [5, 5.41) is 4.55. The summed E-state index contributed by atoms with van der Waals surface area (Å²) >= 11 is 0. The molecule has 0 radical (unpaired) electrons. The van der Waals surface area contributed by atoms with Crippen LogP contribution in [0.1, 0.15) is 20.3 Å². The first kappa shape index (κ1) is 16.3. The van der Waals surface area contributed by atoms with E-state index in [1.165, 1.54) is 0 Å². The number of carbonyl (C=O) groups is 1. The Balaban J connectivity index is 2.49. The molecule has 0 spiro atoms. The molecule has 0 unspecified atom stereocenters. The van der Waals surface area contributed by atoms with Gasteiger partial charge in [0.05, 0.1) is 11.8 Å². The Morgan fingerprint density at radius 1 is 1.30 bits per heavy atom. The van der Waals surface area contributed by atoms with Crippen LogP contribution in [-0.4, -0.2) is 25.3 Å². The summed E-state index contributed by atoms with van der Waals surface area (Å²) in [6.07, 6.45) is 0.659. The standard InChI is InChI=1S/C13H17F3N2O2/c1-3-6-20-8(2)7-17-13(19)18-10-5-4-9(14)11(15)12(10)16/h4-5,8H,3,6-7H2,1-2H3,(H2,17,18,19)/t8-/m1/s1. The highest BCUT2D eigenvalue weighted by Crippen LogP contribution is 2.19. The largest absolute Gasteiger partial charge is 0.377 e. The Labute approximate surface area is 115 Å². The van der Waals surface area contributed by atoms with E-state index in [-0.39, 0.29) is 12.6 Å². The van der Waals surface area contributed by atoms with Gasteiger partial charge in [0.2, 0.25) is 0 Å². The van der Waals surface area contributed by atoms with Crippen LogP contribution in [0.25, 0.3) is 0 Å². The van der Waals surface area contributed by atoms with Gasteiger partial charge in [0.25, 0.3) is 0 Å². The highest BCUT2D eigenvalue weighted by molar-refractivity contribution is 5.89. The lowest BCUT2D eigenvalue weighted by molar-refractivity contribution is 0.0682. The number of hydrogen-bond donors (Lipinski definition) is 2. The van der Waals surface area contributed by atoms with E-state index in [9.17, 15) is 18.0 Å². The first-order chi connectivity index (χ1) is 9.45. The molecule has 1 rings (SSSR count). The topological polar surface area (TPSA) is 50.4 Å². The monoisotopic (exact) mass is 290 g/mol. The zero-order chi connectivity index (χ0) is 15.1. The number of carbonyl (C=O) groups excluding carboxylic acids is 1. The number of rotatable bonds is 6.